The number of benzene rings is 1. The van der Waals surface area contributed by atoms with Gasteiger partial charge in [-0.05, 0) is 37.3 Å². The molecule has 2 atom stereocenters. The topological polar surface area (TPSA) is 52.9 Å². The van der Waals surface area contributed by atoms with Gasteiger partial charge in [0.2, 0.25) is 5.91 Å². The van der Waals surface area contributed by atoms with Crippen LogP contribution >= 0.6 is 11.3 Å². The van der Waals surface area contributed by atoms with Gasteiger partial charge in [0.05, 0.1) is 5.56 Å². The van der Waals surface area contributed by atoms with Crippen LogP contribution < -0.4 is 5.32 Å². The van der Waals surface area contributed by atoms with Gasteiger partial charge < -0.3 is 5.32 Å². The molecule has 106 valence electrons. The molecule has 1 fully saturated rings. The average Bonchev–Trinajstić information content (AvgIpc) is 3.24. The van der Waals surface area contributed by atoms with E-state index in [9.17, 15) is 10.1 Å². The van der Waals surface area contributed by atoms with Crippen LogP contribution in [-0.2, 0) is 4.79 Å². The van der Waals surface area contributed by atoms with Crippen LogP contribution in [0.2, 0.25) is 0 Å². The minimum absolute atomic E-state index is 0.0293. The summed E-state index contributed by atoms with van der Waals surface area (Å²) in [5, 5.41) is 12.8. The number of amides is 1. The lowest BCUT2D eigenvalue weighted by Gasteiger charge is -2.03. The smallest absolute Gasteiger partial charge is 0.228 e. The second-order valence-electron chi connectivity index (χ2n) is 5.45. The highest BCUT2D eigenvalue weighted by Crippen LogP contribution is 2.48. The molecule has 3 nitrogen and oxygen atoms in total. The molecule has 1 aromatic carbocycles. The van der Waals surface area contributed by atoms with Gasteiger partial charge in [0.15, 0.2) is 0 Å². The number of aryl methyl sites for hydroxylation is 1. The van der Waals surface area contributed by atoms with Crippen LogP contribution in [0.25, 0.3) is 0 Å². The molecule has 1 aliphatic carbocycles. The molecule has 0 bridgehead atoms. The first-order valence-corrected chi connectivity index (χ1v) is 7.79. The van der Waals surface area contributed by atoms with Crippen LogP contribution in [0, 0.1) is 31.1 Å². The van der Waals surface area contributed by atoms with Crippen LogP contribution in [0.1, 0.15) is 33.9 Å². The molecule has 0 unspecified atom stereocenters. The van der Waals surface area contributed by atoms with Gasteiger partial charge in [-0.25, -0.2) is 0 Å². The van der Waals surface area contributed by atoms with Gasteiger partial charge in [0.1, 0.15) is 11.1 Å². The minimum Gasteiger partial charge on any atom is -0.316 e. The number of thiophene rings is 1. The number of nitrogens with one attached hydrogen (secondary N) is 1. The lowest BCUT2D eigenvalue weighted by Crippen LogP contribution is -2.14. The second kappa shape index (κ2) is 5.34. The largest absolute Gasteiger partial charge is 0.316 e. The van der Waals surface area contributed by atoms with Gasteiger partial charge in [-0.1, -0.05) is 30.3 Å². The number of anilines is 1. The molecule has 0 saturated heterocycles. The Balaban J connectivity index is 1.72. The number of rotatable bonds is 3. The number of hydrogen-bond donors (Lipinski definition) is 1. The van der Waals surface area contributed by atoms with Crippen LogP contribution in [0.3, 0.4) is 0 Å². The minimum atomic E-state index is 0.0293. The Morgan fingerprint density at radius 3 is 2.71 bits per heavy atom. The summed E-state index contributed by atoms with van der Waals surface area (Å²) in [4.78, 5) is 13.4. The Hall–Kier alpha value is -2.12. The first kappa shape index (κ1) is 13.8. The van der Waals surface area contributed by atoms with Crippen molar-refractivity contribution in [1.29, 1.82) is 5.26 Å². The maximum atomic E-state index is 12.3. The van der Waals surface area contributed by atoms with Crippen LogP contribution in [0.5, 0.6) is 0 Å². The van der Waals surface area contributed by atoms with Crippen molar-refractivity contribution in [2.75, 3.05) is 5.32 Å². The fraction of sp³-hybridized carbons (Fsp3) is 0.294. The third kappa shape index (κ3) is 2.57. The Bertz CT molecular complexity index is 727. The summed E-state index contributed by atoms with van der Waals surface area (Å²) in [7, 11) is 0. The summed E-state index contributed by atoms with van der Waals surface area (Å²) in [6, 6.07) is 12.3. The van der Waals surface area contributed by atoms with Crippen LogP contribution in [0.4, 0.5) is 5.00 Å². The molecule has 1 amide bonds. The summed E-state index contributed by atoms with van der Waals surface area (Å²) in [6.07, 6.45) is 0.890. The van der Waals surface area contributed by atoms with E-state index in [1.807, 2.05) is 32.0 Å². The van der Waals surface area contributed by atoms with Crippen molar-refractivity contribution in [1.82, 2.24) is 0 Å². The Kier molecular flexibility index (Phi) is 3.52. The summed E-state index contributed by atoms with van der Waals surface area (Å²) in [6.45, 7) is 3.89. The first-order chi connectivity index (χ1) is 10.1. The van der Waals surface area contributed by atoms with Crippen molar-refractivity contribution < 1.29 is 4.79 Å². The van der Waals surface area contributed by atoms with E-state index in [1.54, 1.807) is 0 Å². The molecule has 0 aliphatic heterocycles. The zero-order valence-electron chi connectivity index (χ0n) is 12.0. The van der Waals surface area contributed by atoms with Crippen molar-refractivity contribution in [3.05, 3.63) is 51.9 Å². The number of nitriles is 1. The highest BCUT2D eigenvalue weighted by molar-refractivity contribution is 7.16. The van der Waals surface area contributed by atoms with Gasteiger partial charge >= 0.3 is 0 Å². The van der Waals surface area contributed by atoms with E-state index in [0.29, 0.717) is 16.5 Å². The molecule has 1 saturated carbocycles. The zero-order chi connectivity index (χ0) is 15.0. The van der Waals surface area contributed by atoms with E-state index in [-0.39, 0.29) is 11.8 Å². The number of hydrogen-bond acceptors (Lipinski definition) is 3. The van der Waals surface area contributed by atoms with Crippen molar-refractivity contribution in [2.45, 2.75) is 26.2 Å². The van der Waals surface area contributed by atoms with Gasteiger partial charge in [-0.15, -0.1) is 11.3 Å². The van der Waals surface area contributed by atoms with E-state index in [0.717, 1.165) is 16.9 Å². The van der Waals surface area contributed by atoms with Gasteiger partial charge in [-0.2, -0.15) is 5.26 Å². The molecular formula is C17H16N2OS. The summed E-state index contributed by atoms with van der Waals surface area (Å²) in [5.41, 5.74) is 2.78. The van der Waals surface area contributed by atoms with Crippen molar-refractivity contribution in [2.24, 2.45) is 5.92 Å². The van der Waals surface area contributed by atoms with E-state index >= 15 is 0 Å². The molecule has 0 radical (unpaired) electrons. The number of nitrogens with zero attached hydrogens (tertiary/aromatic N) is 1. The van der Waals surface area contributed by atoms with Crippen molar-refractivity contribution in [3.8, 4) is 6.07 Å². The third-order valence-electron chi connectivity index (χ3n) is 4.09. The lowest BCUT2D eigenvalue weighted by molar-refractivity contribution is -0.117. The predicted octanol–water partition coefficient (Wildman–Crippen LogP) is 3.98. The van der Waals surface area contributed by atoms with E-state index in [2.05, 4.69) is 23.5 Å². The monoisotopic (exact) mass is 296 g/mol. The second-order valence-corrected chi connectivity index (χ2v) is 6.67. The molecule has 3 rings (SSSR count). The van der Waals surface area contributed by atoms with Gasteiger partial charge in [0.25, 0.3) is 0 Å². The summed E-state index contributed by atoms with van der Waals surface area (Å²) >= 11 is 1.48. The summed E-state index contributed by atoms with van der Waals surface area (Å²) < 4.78 is 0. The number of carbonyl (C=O) groups is 1. The fourth-order valence-corrected chi connectivity index (χ4v) is 3.62. The van der Waals surface area contributed by atoms with E-state index in [4.69, 9.17) is 0 Å². The Labute approximate surface area is 128 Å². The predicted molar refractivity (Wildman–Crippen MR) is 84.4 cm³/mol. The normalized spacial score (nSPS) is 19.9. The maximum absolute atomic E-state index is 12.3. The molecule has 2 aromatic rings. The third-order valence-corrected chi connectivity index (χ3v) is 5.21. The van der Waals surface area contributed by atoms with Gasteiger partial charge in [-0.3, -0.25) is 4.79 Å². The van der Waals surface area contributed by atoms with Crippen LogP contribution in [0.15, 0.2) is 30.3 Å². The van der Waals surface area contributed by atoms with E-state index in [1.165, 1.54) is 16.9 Å². The van der Waals surface area contributed by atoms with Gasteiger partial charge in [0, 0.05) is 10.8 Å². The molecule has 1 aromatic heterocycles. The number of carbonyl (C=O) groups excluding carboxylic acids is 1. The highest BCUT2D eigenvalue weighted by Gasteiger charge is 2.44. The van der Waals surface area contributed by atoms with E-state index < -0.39 is 0 Å². The van der Waals surface area contributed by atoms with Crippen molar-refractivity contribution in [3.63, 3.8) is 0 Å². The first-order valence-electron chi connectivity index (χ1n) is 6.97. The maximum Gasteiger partial charge on any atom is 0.228 e. The molecule has 1 aliphatic rings. The zero-order valence-corrected chi connectivity index (χ0v) is 12.8. The average molecular weight is 296 g/mol. The molecular weight excluding hydrogens is 280 g/mol. The Morgan fingerprint density at radius 1 is 1.33 bits per heavy atom. The molecule has 0 spiro atoms. The quantitative estimate of drug-likeness (QED) is 0.931. The molecule has 1 N–H and O–H groups in total. The molecule has 1 heterocycles. The highest BCUT2D eigenvalue weighted by atomic mass is 32.1. The van der Waals surface area contributed by atoms with Crippen LogP contribution in [-0.4, -0.2) is 5.91 Å². The lowest BCUT2D eigenvalue weighted by atomic mass is 10.1. The standard InChI is InChI=1S/C17H16N2OS/c1-10-11(2)21-17(15(10)9-18)19-16(20)14-8-13(14)12-6-4-3-5-7-12/h3-7,13-14H,8H2,1-2H3,(H,19,20)/t13-,14-/m0/s1. The SMILES string of the molecule is Cc1sc(NC(=O)[C@H]2C[C@H]2c2ccccc2)c(C#N)c1C. The molecule has 21 heavy (non-hydrogen) atoms. The summed E-state index contributed by atoms with van der Waals surface area (Å²) in [5.74, 6) is 0.377. The fourth-order valence-electron chi connectivity index (χ4n) is 2.61. The molecule has 4 heteroatoms. The van der Waals surface area contributed by atoms with Crippen molar-refractivity contribution >= 4 is 22.2 Å². The Morgan fingerprint density at radius 2 is 2.05 bits per heavy atom.